The predicted octanol–water partition coefficient (Wildman–Crippen LogP) is 3.61. The Morgan fingerprint density at radius 2 is 1.95 bits per heavy atom. The molecule has 0 heterocycles. The summed E-state index contributed by atoms with van der Waals surface area (Å²) in [6.07, 6.45) is 6.78. The molecular formula is C18H24CrO2. The first-order valence-corrected chi connectivity index (χ1v) is 8.09. The van der Waals surface area contributed by atoms with Crippen LogP contribution in [-0.4, -0.2) is 16.3 Å². The molecule has 0 amide bonds. The second kappa shape index (κ2) is 5.30. The molecule has 3 aliphatic rings. The van der Waals surface area contributed by atoms with Gasteiger partial charge in [0.25, 0.3) is 0 Å². The number of aromatic hydroxyl groups is 1. The van der Waals surface area contributed by atoms with Crippen molar-refractivity contribution in [1.29, 1.82) is 0 Å². The molecule has 3 aliphatic carbocycles. The smallest absolute Gasteiger partial charge is 0.115 e. The van der Waals surface area contributed by atoms with Gasteiger partial charge >= 0.3 is 0 Å². The molecule has 2 fully saturated rings. The fourth-order valence-electron chi connectivity index (χ4n) is 5.54. The van der Waals surface area contributed by atoms with Gasteiger partial charge in [-0.25, -0.2) is 0 Å². The molecule has 1 unspecified atom stereocenters. The van der Waals surface area contributed by atoms with Crippen molar-refractivity contribution in [2.24, 2.45) is 17.3 Å². The van der Waals surface area contributed by atoms with E-state index in [1.807, 2.05) is 12.1 Å². The number of aliphatic hydroxyl groups is 1. The molecule has 0 aromatic heterocycles. The van der Waals surface area contributed by atoms with Crippen LogP contribution in [-0.2, 0) is 23.8 Å². The minimum Gasteiger partial charge on any atom is -0.508 e. The van der Waals surface area contributed by atoms with Gasteiger partial charge in [-0.1, -0.05) is 13.0 Å². The Morgan fingerprint density at radius 3 is 2.76 bits per heavy atom. The molecule has 3 heteroatoms. The summed E-state index contributed by atoms with van der Waals surface area (Å²) in [4.78, 5) is 0. The van der Waals surface area contributed by atoms with E-state index >= 15 is 0 Å². The quantitative estimate of drug-likeness (QED) is 0.765. The van der Waals surface area contributed by atoms with Gasteiger partial charge in [-0.05, 0) is 85.0 Å². The Kier molecular flexibility index (Phi) is 3.89. The molecule has 0 aliphatic heterocycles. The maximum atomic E-state index is 10.4. The third kappa shape index (κ3) is 2.17. The maximum absolute atomic E-state index is 10.4. The van der Waals surface area contributed by atoms with Gasteiger partial charge in [0.1, 0.15) is 5.75 Å². The number of phenolic OH excluding ortho intramolecular Hbond substituents is 1. The topological polar surface area (TPSA) is 40.5 Å². The summed E-state index contributed by atoms with van der Waals surface area (Å²) in [6, 6.07) is 5.96. The molecule has 1 aromatic carbocycles. The number of rotatable bonds is 0. The molecule has 0 radical (unpaired) electrons. The summed E-state index contributed by atoms with van der Waals surface area (Å²) in [6.45, 7) is 2.32. The number of phenols is 1. The second-order valence-electron chi connectivity index (χ2n) is 7.44. The number of aliphatic hydroxyl groups excluding tert-OH is 1. The fourth-order valence-corrected chi connectivity index (χ4v) is 5.54. The van der Waals surface area contributed by atoms with E-state index in [4.69, 9.17) is 0 Å². The predicted molar refractivity (Wildman–Crippen MR) is 78.7 cm³/mol. The van der Waals surface area contributed by atoms with Crippen LogP contribution in [0.25, 0.3) is 0 Å². The molecule has 2 N–H and O–H groups in total. The molecular weight excluding hydrogens is 300 g/mol. The molecule has 4 rings (SSSR count). The molecule has 0 spiro atoms. The van der Waals surface area contributed by atoms with Crippen LogP contribution in [0.5, 0.6) is 5.75 Å². The van der Waals surface area contributed by atoms with E-state index in [1.54, 1.807) is 0 Å². The van der Waals surface area contributed by atoms with Crippen molar-refractivity contribution in [1.82, 2.24) is 0 Å². The Labute approximate surface area is 137 Å². The molecule has 1 aromatic rings. The molecule has 5 atom stereocenters. The maximum Gasteiger partial charge on any atom is 0.115 e. The number of hydrogen-bond acceptors (Lipinski definition) is 2. The van der Waals surface area contributed by atoms with E-state index < -0.39 is 0 Å². The monoisotopic (exact) mass is 324 g/mol. The summed E-state index contributed by atoms with van der Waals surface area (Å²) < 4.78 is 0. The van der Waals surface area contributed by atoms with E-state index in [0.717, 1.165) is 25.2 Å². The normalized spacial score (nSPS) is 40.7. The minimum atomic E-state index is -0.0883. The van der Waals surface area contributed by atoms with Gasteiger partial charge in [0.15, 0.2) is 0 Å². The van der Waals surface area contributed by atoms with Gasteiger partial charge in [-0.3, -0.25) is 0 Å². The van der Waals surface area contributed by atoms with Crippen LogP contribution < -0.4 is 0 Å². The zero-order valence-electron chi connectivity index (χ0n) is 12.6. The summed E-state index contributed by atoms with van der Waals surface area (Å²) in [5, 5.41) is 20.0. The SMILES string of the molecule is C[C@]12CC[C@@H]3c4ccc(O)cc4CC[C@H]3[C@@H]1CCC2O.[Cr]. The van der Waals surface area contributed by atoms with Crippen LogP contribution in [0, 0.1) is 17.3 Å². The first kappa shape index (κ1) is 15.4. The Hall–Kier alpha value is -0.488. The van der Waals surface area contributed by atoms with Gasteiger partial charge in [0, 0.05) is 17.4 Å². The van der Waals surface area contributed by atoms with Crippen molar-refractivity contribution in [2.45, 2.75) is 57.5 Å². The van der Waals surface area contributed by atoms with Crippen molar-refractivity contribution >= 4 is 0 Å². The third-order valence-electron chi connectivity index (χ3n) is 6.66. The van der Waals surface area contributed by atoms with Crippen molar-refractivity contribution in [3.8, 4) is 5.75 Å². The average Bonchev–Trinajstić information content (AvgIpc) is 2.74. The number of aryl methyl sites for hydroxylation is 1. The van der Waals surface area contributed by atoms with Crippen molar-refractivity contribution in [3.05, 3.63) is 29.3 Å². The Morgan fingerprint density at radius 1 is 1.14 bits per heavy atom. The van der Waals surface area contributed by atoms with E-state index in [9.17, 15) is 10.2 Å². The van der Waals surface area contributed by atoms with Gasteiger partial charge in [-0.15, -0.1) is 0 Å². The van der Waals surface area contributed by atoms with Crippen LogP contribution in [0.2, 0.25) is 0 Å². The Balaban J connectivity index is 0.00000132. The van der Waals surface area contributed by atoms with Gasteiger partial charge < -0.3 is 10.2 Å². The number of hydrogen-bond donors (Lipinski definition) is 2. The standard InChI is InChI=1S/C18H24O2.Cr/c1-18-9-8-14-13-5-3-12(19)10-11(13)2-4-15(14)16(18)6-7-17(18)20;/h3,5,10,14-17,19-20H,2,4,6-9H2,1H3;/t14-,15-,16+,17?,18+;/m1./s1. The van der Waals surface area contributed by atoms with Crippen LogP contribution in [0.4, 0.5) is 0 Å². The molecule has 0 bridgehead atoms. The summed E-state index contributed by atoms with van der Waals surface area (Å²) in [7, 11) is 0. The molecule has 0 saturated heterocycles. The van der Waals surface area contributed by atoms with Crippen LogP contribution >= 0.6 is 0 Å². The van der Waals surface area contributed by atoms with Crippen molar-refractivity contribution in [2.75, 3.05) is 0 Å². The van der Waals surface area contributed by atoms with E-state index in [1.165, 1.54) is 30.4 Å². The molecule has 21 heavy (non-hydrogen) atoms. The van der Waals surface area contributed by atoms with Crippen molar-refractivity contribution in [3.63, 3.8) is 0 Å². The first-order valence-electron chi connectivity index (χ1n) is 8.09. The van der Waals surface area contributed by atoms with Gasteiger partial charge in [0.05, 0.1) is 6.10 Å². The first-order chi connectivity index (χ1) is 9.59. The second-order valence-corrected chi connectivity index (χ2v) is 7.44. The largest absolute Gasteiger partial charge is 0.508 e. The summed E-state index contributed by atoms with van der Waals surface area (Å²) >= 11 is 0. The number of fused-ring (bicyclic) bond motifs is 5. The summed E-state index contributed by atoms with van der Waals surface area (Å²) in [5.74, 6) is 2.49. The van der Waals surface area contributed by atoms with E-state index in [0.29, 0.717) is 17.6 Å². The minimum absolute atomic E-state index is 0. The molecule has 114 valence electrons. The third-order valence-corrected chi connectivity index (χ3v) is 6.66. The van der Waals surface area contributed by atoms with E-state index in [-0.39, 0.29) is 28.9 Å². The average molecular weight is 324 g/mol. The molecule has 2 saturated carbocycles. The fraction of sp³-hybridized carbons (Fsp3) is 0.667. The molecule has 2 nitrogen and oxygen atoms in total. The number of benzene rings is 1. The van der Waals surface area contributed by atoms with E-state index in [2.05, 4.69) is 13.0 Å². The Bertz CT molecular complexity index is 544. The zero-order chi connectivity index (χ0) is 13.9. The van der Waals surface area contributed by atoms with Crippen LogP contribution in [0.1, 0.15) is 56.1 Å². The van der Waals surface area contributed by atoms with Crippen LogP contribution in [0.15, 0.2) is 18.2 Å². The van der Waals surface area contributed by atoms with Gasteiger partial charge in [-0.2, -0.15) is 0 Å². The van der Waals surface area contributed by atoms with Crippen molar-refractivity contribution < 1.29 is 27.6 Å². The zero-order valence-corrected chi connectivity index (χ0v) is 13.9. The van der Waals surface area contributed by atoms with Gasteiger partial charge in [0.2, 0.25) is 0 Å². The van der Waals surface area contributed by atoms with Crippen LogP contribution in [0.3, 0.4) is 0 Å². The summed E-state index contributed by atoms with van der Waals surface area (Å²) in [5.41, 5.74) is 2.99.